The van der Waals surface area contributed by atoms with Crippen molar-refractivity contribution in [3.05, 3.63) is 70.3 Å². The number of rotatable bonds is 6. The minimum atomic E-state index is -0.497. The number of carbonyl (C=O) groups is 2. The lowest BCUT2D eigenvalue weighted by Gasteiger charge is -2.10. The quantitative estimate of drug-likeness (QED) is 0.459. The molecular formula is C18H15ClO4. The van der Waals surface area contributed by atoms with Crippen molar-refractivity contribution in [3.8, 4) is 5.75 Å². The molecule has 0 spiro atoms. The van der Waals surface area contributed by atoms with Gasteiger partial charge in [-0.3, -0.25) is 4.79 Å². The second kappa shape index (κ2) is 8.15. The molecule has 0 heterocycles. The summed E-state index contributed by atoms with van der Waals surface area (Å²) >= 11 is 5.84. The van der Waals surface area contributed by atoms with Crippen molar-refractivity contribution in [1.29, 1.82) is 0 Å². The van der Waals surface area contributed by atoms with E-state index >= 15 is 0 Å². The van der Waals surface area contributed by atoms with Gasteiger partial charge in [-0.1, -0.05) is 35.9 Å². The summed E-state index contributed by atoms with van der Waals surface area (Å²) in [4.78, 5) is 22.9. The van der Waals surface area contributed by atoms with Crippen LogP contribution in [0.4, 0.5) is 0 Å². The highest BCUT2D eigenvalue weighted by Crippen LogP contribution is 2.18. The number of benzene rings is 2. The number of halogens is 1. The van der Waals surface area contributed by atoms with Crippen LogP contribution >= 0.6 is 11.6 Å². The van der Waals surface area contributed by atoms with Crippen LogP contribution in [0.2, 0.25) is 5.02 Å². The number of para-hydroxylation sites is 1. The van der Waals surface area contributed by atoms with Crippen LogP contribution in [0, 0.1) is 0 Å². The van der Waals surface area contributed by atoms with Gasteiger partial charge in [-0.05, 0) is 35.9 Å². The monoisotopic (exact) mass is 330 g/mol. The van der Waals surface area contributed by atoms with Gasteiger partial charge < -0.3 is 9.47 Å². The van der Waals surface area contributed by atoms with Crippen LogP contribution < -0.4 is 4.74 Å². The van der Waals surface area contributed by atoms with Gasteiger partial charge in [0.05, 0.1) is 18.2 Å². The van der Waals surface area contributed by atoms with Crippen LogP contribution in [-0.2, 0) is 9.53 Å². The predicted octanol–water partition coefficient (Wildman–Crippen LogP) is 3.79. The number of ether oxygens (including phenoxy) is 2. The minimum absolute atomic E-state index is 0.0137. The molecule has 5 heteroatoms. The zero-order valence-electron chi connectivity index (χ0n) is 12.5. The van der Waals surface area contributed by atoms with Gasteiger partial charge in [-0.15, -0.1) is 0 Å². The Hall–Kier alpha value is -2.59. The van der Waals surface area contributed by atoms with Crippen molar-refractivity contribution in [1.82, 2.24) is 0 Å². The Balaban J connectivity index is 2.21. The number of hydrogen-bond donors (Lipinski definition) is 0. The summed E-state index contributed by atoms with van der Waals surface area (Å²) in [6, 6.07) is 13.8. The number of methoxy groups -OCH3 is 1. The SMILES string of the molecule is COC(=O)/C(=C\c1ccc(Cl)cc1)COc1ccccc1C=O. The van der Waals surface area contributed by atoms with Crippen LogP contribution in [0.1, 0.15) is 15.9 Å². The largest absolute Gasteiger partial charge is 0.488 e. The van der Waals surface area contributed by atoms with Crippen molar-refractivity contribution >= 4 is 29.9 Å². The van der Waals surface area contributed by atoms with E-state index < -0.39 is 5.97 Å². The van der Waals surface area contributed by atoms with Crippen molar-refractivity contribution in [3.63, 3.8) is 0 Å². The summed E-state index contributed by atoms with van der Waals surface area (Å²) in [6.07, 6.45) is 2.36. The van der Waals surface area contributed by atoms with E-state index in [0.717, 1.165) is 5.56 Å². The molecule has 23 heavy (non-hydrogen) atoms. The van der Waals surface area contributed by atoms with E-state index in [2.05, 4.69) is 0 Å². The molecule has 0 unspecified atom stereocenters. The number of hydrogen-bond acceptors (Lipinski definition) is 4. The summed E-state index contributed by atoms with van der Waals surface area (Å²) in [5.74, 6) is -0.0862. The molecule has 0 saturated heterocycles. The van der Waals surface area contributed by atoms with Gasteiger partial charge in [0.25, 0.3) is 0 Å². The molecule has 0 fully saturated rings. The van der Waals surface area contributed by atoms with Crippen LogP contribution in [0.3, 0.4) is 0 Å². The lowest BCUT2D eigenvalue weighted by atomic mass is 10.1. The molecule has 2 aromatic carbocycles. The van der Waals surface area contributed by atoms with Gasteiger partial charge in [0.1, 0.15) is 12.4 Å². The number of carbonyl (C=O) groups excluding carboxylic acids is 2. The Kier molecular flexibility index (Phi) is 5.94. The lowest BCUT2D eigenvalue weighted by molar-refractivity contribution is -0.136. The van der Waals surface area contributed by atoms with Crippen LogP contribution in [0.25, 0.3) is 6.08 Å². The molecule has 0 bridgehead atoms. The van der Waals surface area contributed by atoms with Gasteiger partial charge in [-0.25, -0.2) is 4.79 Å². The Morgan fingerprint density at radius 1 is 1.13 bits per heavy atom. The maximum absolute atomic E-state index is 11.9. The molecule has 0 aliphatic rings. The zero-order valence-corrected chi connectivity index (χ0v) is 13.2. The van der Waals surface area contributed by atoms with Crippen LogP contribution in [0.15, 0.2) is 54.1 Å². The minimum Gasteiger partial charge on any atom is -0.488 e. The van der Waals surface area contributed by atoms with E-state index in [1.165, 1.54) is 7.11 Å². The molecule has 118 valence electrons. The zero-order chi connectivity index (χ0) is 16.7. The van der Waals surface area contributed by atoms with E-state index in [0.29, 0.717) is 28.2 Å². The van der Waals surface area contributed by atoms with Gasteiger partial charge in [0, 0.05) is 5.02 Å². The standard InChI is InChI=1S/C18H15ClO4/c1-22-18(21)15(10-13-6-8-16(19)9-7-13)12-23-17-5-3-2-4-14(17)11-20/h2-11H,12H2,1H3/b15-10-. The molecule has 0 radical (unpaired) electrons. The van der Waals surface area contributed by atoms with Crippen molar-refractivity contribution < 1.29 is 19.1 Å². The Morgan fingerprint density at radius 3 is 2.48 bits per heavy atom. The first-order valence-electron chi connectivity index (χ1n) is 6.85. The topological polar surface area (TPSA) is 52.6 Å². The summed E-state index contributed by atoms with van der Waals surface area (Å²) in [5, 5.41) is 0.609. The average molecular weight is 331 g/mol. The Morgan fingerprint density at radius 2 is 1.83 bits per heavy atom. The highest BCUT2D eigenvalue weighted by Gasteiger charge is 2.12. The lowest BCUT2D eigenvalue weighted by Crippen LogP contribution is -2.13. The van der Waals surface area contributed by atoms with E-state index in [1.54, 1.807) is 54.6 Å². The first-order valence-corrected chi connectivity index (χ1v) is 7.23. The van der Waals surface area contributed by atoms with E-state index in [1.807, 2.05) is 0 Å². The maximum Gasteiger partial charge on any atom is 0.337 e. The third-order valence-corrected chi connectivity index (χ3v) is 3.34. The highest BCUT2D eigenvalue weighted by molar-refractivity contribution is 6.30. The molecule has 0 amide bonds. The third kappa shape index (κ3) is 4.69. The van der Waals surface area contributed by atoms with Crippen molar-refractivity contribution in [2.75, 3.05) is 13.7 Å². The maximum atomic E-state index is 11.9. The third-order valence-electron chi connectivity index (χ3n) is 3.09. The molecule has 4 nitrogen and oxygen atoms in total. The highest BCUT2D eigenvalue weighted by atomic mass is 35.5. The fourth-order valence-corrected chi connectivity index (χ4v) is 2.04. The van der Waals surface area contributed by atoms with Crippen LogP contribution in [-0.4, -0.2) is 26.0 Å². The average Bonchev–Trinajstić information content (AvgIpc) is 2.59. The van der Waals surface area contributed by atoms with Crippen molar-refractivity contribution in [2.24, 2.45) is 0 Å². The van der Waals surface area contributed by atoms with E-state index in [-0.39, 0.29) is 6.61 Å². The first-order chi connectivity index (χ1) is 11.1. The van der Waals surface area contributed by atoms with Crippen LogP contribution in [0.5, 0.6) is 5.75 Å². The molecule has 0 aliphatic heterocycles. The molecule has 2 rings (SSSR count). The second-order valence-electron chi connectivity index (χ2n) is 4.66. The van der Waals surface area contributed by atoms with Gasteiger partial charge in [-0.2, -0.15) is 0 Å². The summed E-state index contributed by atoms with van der Waals surface area (Å²) in [5.41, 5.74) is 1.54. The predicted molar refractivity (Wildman–Crippen MR) is 88.8 cm³/mol. The summed E-state index contributed by atoms with van der Waals surface area (Å²) in [7, 11) is 1.30. The fraction of sp³-hybridized carbons (Fsp3) is 0.111. The molecule has 0 N–H and O–H groups in total. The molecule has 0 aliphatic carbocycles. The molecule has 0 aromatic heterocycles. The number of aldehydes is 1. The van der Waals surface area contributed by atoms with E-state index in [4.69, 9.17) is 21.1 Å². The van der Waals surface area contributed by atoms with Gasteiger partial charge >= 0.3 is 5.97 Å². The number of esters is 1. The summed E-state index contributed by atoms with van der Waals surface area (Å²) < 4.78 is 10.4. The van der Waals surface area contributed by atoms with Gasteiger partial charge in [0.15, 0.2) is 6.29 Å². The second-order valence-corrected chi connectivity index (χ2v) is 5.09. The van der Waals surface area contributed by atoms with E-state index in [9.17, 15) is 9.59 Å². The molecule has 0 atom stereocenters. The van der Waals surface area contributed by atoms with Gasteiger partial charge in [0.2, 0.25) is 0 Å². The molecule has 2 aromatic rings. The fourth-order valence-electron chi connectivity index (χ4n) is 1.92. The first kappa shape index (κ1) is 16.8. The Labute approximate surface area is 139 Å². The summed E-state index contributed by atoms with van der Waals surface area (Å²) in [6.45, 7) is -0.0137. The molecular weight excluding hydrogens is 316 g/mol. The smallest absolute Gasteiger partial charge is 0.337 e. The molecule has 0 saturated carbocycles. The Bertz CT molecular complexity index is 720. The van der Waals surface area contributed by atoms with Crippen molar-refractivity contribution in [2.45, 2.75) is 0 Å². The normalized spacial score (nSPS) is 11.0.